The maximum atomic E-state index is 13.0. The van der Waals surface area contributed by atoms with E-state index in [-0.39, 0.29) is 12.5 Å². The summed E-state index contributed by atoms with van der Waals surface area (Å²) in [7, 11) is 1.25. The number of nitrogens with zero attached hydrogens (tertiary/aromatic N) is 1. The number of phosphoric acid groups is 1. The quantitative estimate of drug-likeness (QED) is 0.0272. The third-order valence-electron chi connectivity index (χ3n) is 14.8. The smallest absolute Gasteiger partial charge is 0.268 e. The van der Waals surface area contributed by atoms with E-state index in [0.29, 0.717) is 17.4 Å². The van der Waals surface area contributed by atoms with Gasteiger partial charge in [0.25, 0.3) is 7.82 Å². The zero-order chi connectivity index (χ0) is 54.9. The maximum absolute atomic E-state index is 13.0. The minimum Gasteiger partial charge on any atom is -0.756 e. The van der Waals surface area contributed by atoms with Gasteiger partial charge in [-0.25, -0.2) is 0 Å². The average Bonchev–Trinajstić information content (AvgIpc) is 3.37. The third kappa shape index (κ3) is 60.0. The second-order valence-electron chi connectivity index (χ2n) is 23.5. The molecule has 0 heterocycles. The highest BCUT2D eigenvalue weighted by Gasteiger charge is 2.23. The molecule has 1 amide bonds. The minimum atomic E-state index is -4.61. The molecule has 0 fully saturated rings. The van der Waals surface area contributed by atoms with Crippen LogP contribution in [0.15, 0.2) is 48.6 Å². The van der Waals surface area contributed by atoms with Crippen molar-refractivity contribution in [2.75, 3.05) is 40.9 Å². The summed E-state index contributed by atoms with van der Waals surface area (Å²) in [6, 6.07) is -0.905. The molecule has 0 bridgehead atoms. The number of nitrogens with one attached hydrogen (secondary N) is 1. The molecule has 3 unspecified atom stereocenters. The number of amides is 1. The van der Waals surface area contributed by atoms with Crippen LogP contribution in [0.2, 0.25) is 0 Å². The molecule has 0 aromatic heterocycles. The Hall–Kier alpha value is -1.54. The molecular formula is C66H127N2O6P. The van der Waals surface area contributed by atoms with Gasteiger partial charge in [-0.1, -0.05) is 294 Å². The fraction of sp³-hybridized carbons (Fsp3) is 0.864. The van der Waals surface area contributed by atoms with Gasteiger partial charge < -0.3 is 28.8 Å². The summed E-state index contributed by atoms with van der Waals surface area (Å²) in [4.78, 5) is 25.6. The molecule has 0 aromatic carbocycles. The number of allylic oxidation sites excluding steroid dienone is 7. The van der Waals surface area contributed by atoms with Crippen molar-refractivity contribution in [2.45, 2.75) is 328 Å². The number of likely N-dealkylation sites (N-methyl/N-ethyl adjacent to an activating group) is 1. The van der Waals surface area contributed by atoms with Crippen LogP contribution in [0.3, 0.4) is 0 Å². The Bertz CT molecular complexity index is 1360. The highest BCUT2D eigenvalue weighted by atomic mass is 31.2. The number of hydrogen-bond donors (Lipinski definition) is 2. The highest BCUT2D eigenvalue weighted by molar-refractivity contribution is 7.45. The van der Waals surface area contributed by atoms with E-state index in [0.717, 1.165) is 44.9 Å². The van der Waals surface area contributed by atoms with Gasteiger partial charge in [-0.05, 0) is 64.2 Å². The minimum absolute atomic E-state index is 0.00605. The van der Waals surface area contributed by atoms with Gasteiger partial charge in [0.1, 0.15) is 13.2 Å². The first-order chi connectivity index (χ1) is 36.5. The SMILES string of the molecule is CCCCCCC/C=C\C/C=C\CCCCCCCCCCCCCCCCCC(=O)NC(COP(=O)([O-])OCC[N+](C)(C)C)C(O)/C=C/CC/C=C/CCCCCCCCCCCCCCCCCCCCCC. The van der Waals surface area contributed by atoms with Crippen LogP contribution in [0.4, 0.5) is 0 Å². The van der Waals surface area contributed by atoms with E-state index in [1.54, 1.807) is 6.08 Å². The van der Waals surface area contributed by atoms with E-state index >= 15 is 0 Å². The zero-order valence-corrected chi connectivity index (χ0v) is 51.4. The molecular weight excluding hydrogens is 948 g/mol. The van der Waals surface area contributed by atoms with E-state index in [1.807, 2.05) is 27.2 Å². The number of aliphatic hydroxyl groups excluding tert-OH is 1. The largest absolute Gasteiger partial charge is 0.756 e. The van der Waals surface area contributed by atoms with Gasteiger partial charge in [0.15, 0.2) is 0 Å². The number of hydrogen-bond acceptors (Lipinski definition) is 6. The summed E-state index contributed by atoms with van der Waals surface area (Å²) in [5.41, 5.74) is 0. The van der Waals surface area contributed by atoms with Crippen LogP contribution in [-0.4, -0.2) is 68.5 Å². The molecule has 0 rings (SSSR count). The van der Waals surface area contributed by atoms with Gasteiger partial charge >= 0.3 is 0 Å². The highest BCUT2D eigenvalue weighted by Crippen LogP contribution is 2.38. The first kappa shape index (κ1) is 73.5. The van der Waals surface area contributed by atoms with Crippen LogP contribution in [0.25, 0.3) is 0 Å². The lowest BCUT2D eigenvalue weighted by Gasteiger charge is -2.29. The van der Waals surface area contributed by atoms with Crippen LogP contribution in [0.5, 0.6) is 0 Å². The summed E-state index contributed by atoms with van der Waals surface area (Å²) in [5, 5.41) is 13.9. The molecule has 0 saturated heterocycles. The van der Waals surface area contributed by atoms with Crippen LogP contribution in [-0.2, 0) is 18.4 Å². The number of unbranched alkanes of at least 4 members (excludes halogenated alkanes) is 41. The summed E-state index contributed by atoms with van der Waals surface area (Å²) < 4.78 is 23.4. The normalized spacial score (nSPS) is 14.1. The van der Waals surface area contributed by atoms with Crippen molar-refractivity contribution in [2.24, 2.45) is 0 Å². The monoisotopic (exact) mass is 1070 g/mol. The van der Waals surface area contributed by atoms with Gasteiger partial charge in [-0.2, -0.15) is 0 Å². The summed E-state index contributed by atoms with van der Waals surface area (Å²) in [5.74, 6) is -0.203. The molecule has 3 atom stereocenters. The van der Waals surface area contributed by atoms with Crippen molar-refractivity contribution in [1.82, 2.24) is 5.32 Å². The number of carbonyl (C=O) groups excluding carboxylic acids is 1. The number of quaternary nitrogens is 1. The molecule has 0 aromatic rings. The molecule has 0 radical (unpaired) electrons. The Morgan fingerprint density at radius 3 is 1.16 bits per heavy atom. The van der Waals surface area contributed by atoms with Gasteiger partial charge in [0.05, 0.1) is 39.9 Å². The molecule has 442 valence electrons. The van der Waals surface area contributed by atoms with Crippen LogP contribution < -0.4 is 10.2 Å². The fourth-order valence-electron chi connectivity index (χ4n) is 9.67. The summed E-state index contributed by atoms with van der Waals surface area (Å²) >= 11 is 0. The maximum Gasteiger partial charge on any atom is 0.268 e. The number of carbonyl (C=O) groups is 1. The van der Waals surface area contributed by atoms with E-state index in [1.165, 1.54) is 250 Å². The Kier molecular flexibility index (Phi) is 56.0. The standard InChI is InChI=1S/C66H127N2O6P/c1-6-8-10-12-14-16-18-20-22-24-26-28-30-32-34-36-38-40-42-44-46-48-50-52-54-56-58-60-66(70)67-64(63-74-75(71,72)73-62-61-68(3,4)5)65(69)59-57-55-53-51-49-47-45-43-41-39-37-35-33-31-29-27-25-23-21-19-17-15-13-11-9-7-2/h18,20,24,26,49,51,57,59,64-65,69H,6-17,19,21-23,25,27-48,50,52-56,58,60-63H2,1-5H3,(H-,67,70,71,72)/b20-18-,26-24-,51-49+,59-57+. The van der Waals surface area contributed by atoms with Gasteiger partial charge in [0, 0.05) is 6.42 Å². The van der Waals surface area contributed by atoms with E-state index < -0.39 is 26.6 Å². The lowest BCUT2D eigenvalue weighted by Crippen LogP contribution is -2.45. The molecule has 2 N–H and O–H groups in total. The number of rotatable bonds is 60. The Labute approximate surface area is 467 Å². The molecule has 0 aliphatic carbocycles. The second-order valence-corrected chi connectivity index (χ2v) is 24.9. The Balaban J connectivity index is 4.15. The first-order valence-corrected chi connectivity index (χ1v) is 34.0. The number of phosphoric ester groups is 1. The van der Waals surface area contributed by atoms with Crippen molar-refractivity contribution in [3.63, 3.8) is 0 Å². The van der Waals surface area contributed by atoms with E-state index in [9.17, 15) is 19.4 Å². The first-order valence-electron chi connectivity index (χ1n) is 32.5. The molecule has 8 nitrogen and oxygen atoms in total. The van der Waals surface area contributed by atoms with Crippen molar-refractivity contribution in [3.05, 3.63) is 48.6 Å². The molecule has 0 aliphatic rings. The molecule has 0 spiro atoms. The Morgan fingerprint density at radius 2 is 0.787 bits per heavy atom. The molecule has 0 aliphatic heterocycles. The van der Waals surface area contributed by atoms with Crippen LogP contribution in [0, 0.1) is 0 Å². The van der Waals surface area contributed by atoms with Crippen molar-refractivity contribution >= 4 is 13.7 Å². The van der Waals surface area contributed by atoms with Gasteiger partial charge in [0.2, 0.25) is 5.91 Å². The molecule has 0 saturated carbocycles. The van der Waals surface area contributed by atoms with Gasteiger partial charge in [-0.3, -0.25) is 9.36 Å². The van der Waals surface area contributed by atoms with Crippen molar-refractivity contribution < 1.29 is 32.9 Å². The second kappa shape index (κ2) is 57.2. The molecule has 9 heteroatoms. The average molecular weight is 1080 g/mol. The lowest BCUT2D eigenvalue weighted by molar-refractivity contribution is -0.870. The predicted octanol–water partition coefficient (Wildman–Crippen LogP) is 19.6. The van der Waals surface area contributed by atoms with Crippen LogP contribution in [0.1, 0.15) is 316 Å². The van der Waals surface area contributed by atoms with E-state index in [4.69, 9.17) is 9.05 Å². The summed E-state index contributed by atoms with van der Waals surface area (Å²) in [6.07, 6.45) is 76.4. The van der Waals surface area contributed by atoms with E-state index in [2.05, 4.69) is 55.6 Å². The Morgan fingerprint density at radius 1 is 0.467 bits per heavy atom. The third-order valence-corrected chi connectivity index (χ3v) is 15.7. The lowest BCUT2D eigenvalue weighted by atomic mass is 10.0. The van der Waals surface area contributed by atoms with Crippen molar-refractivity contribution in [3.8, 4) is 0 Å². The number of aliphatic hydroxyl groups is 1. The molecule has 75 heavy (non-hydrogen) atoms. The van der Waals surface area contributed by atoms with Gasteiger partial charge in [-0.15, -0.1) is 0 Å². The predicted molar refractivity (Wildman–Crippen MR) is 325 cm³/mol. The summed E-state index contributed by atoms with van der Waals surface area (Å²) in [6.45, 7) is 4.66. The van der Waals surface area contributed by atoms with Crippen molar-refractivity contribution in [1.29, 1.82) is 0 Å². The van der Waals surface area contributed by atoms with Crippen LogP contribution >= 0.6 is 7.82 Å². The zero-order valence-electron chi connectivity index (χ0n) is 50.5. The topological polar surface area (TPSA) is 108 Å². The fourth-order valence-corrected chi connectivity index (χ4v) is 10.4.